The fourth-order valence-corrected chi connectivity index (χ4v) is 4.02. The summed E-state index contributed by atoms with van der Waals surface area (Å²) in [7, 11) is 2.09. The number of anilines is 3. The highest BCUT2D eigenvalue weighted by atomic mass is 16.3. The average Bonchev–Trinajstić information content (AvgIpc) is 2.86. The molecule has 1 aliphatic carbocycles. The van der Waals surface area contributed by atoms with Crippen molar-refractivity contribution in [3.63, 3.8) is 0 Å². The number of nitrogens with zero attached hydrogens (tertiary/aromatic N) is 3. The second-order valence-electron chi connectivity index (χ2n) is 7.66. The summed E-state index contributed by atoms with van der Waals surface area (Å²) in [5, 5.41) is 12.6. The first kappa shape index (κ1) is 19.4. The van der Waals surface area contributed by atoms with Crippen LogP contribution in [0.4, 0.5) is 17.2 Å². The Bertz CT molecular complexity index is 941. The highest BCUT2D eigenvalue weighted by Crippen LogP contribution is 2.35. The van der Waals surface area contributed by atoms with Crippen molar-refractivity contribution in [1.82, 2.24) is 9.88 Å². The van der Waals surface area contributed by atoms with E-state index in [0.717, 1.165) is 31.4 Å². The molecule has 4 rings (SSSR count). The van der Waals surface area contributed by atoms with Crippen molar-refractivity contribution in [1.29, 1.82) is 0 Å². The van der Waals surface area contributed by atoms with Crippen LogP contribution in [0.15, 0.2) is 42.6 Å². The minimum atomic E-state index is -0.141. The Morgan fingerprint density at radius 2 is 1.97 bits per heavy atom. The Morgan fingerprint density at radius 1 is 1.17 bits per heavy atom. The number of carbonyl (C=O) groups excluding carboxylic acids is 1. The van der Waals surface area contributed by atoms with Gasteiger partial charge in [-0.2, -0.15) is 0 Å². The van der Waals surface area contributed by atoms with Crippen LogP contribution in [0, 0.1) is 11.8 Å². The lowest BCUT2D eigenvalue weighted by molar-refractivity contribution is 0.0888. The summed E-state index contributed by atoms with van der Waals surface area (Å²) in [4.78, 5) is 21.4. The van der Waals surface area contributed by atoms with Crippen LogP contribution in [-0.4, -0.2) is 53.2 Å². The molecule has 29 heavy (non-hydrogen) atoms. The van der Waals surface area contributed by atoms with Gasteiger partial charge in [0.15, 0.2) is 5.82 Å². The third-order valence-electron chi connectivity index (χ3n) is 5.71. The van der Waals surface area contributed by atoms with Crippen LogP contribution in [0.5, 0.6) is 0 Å². The van der Waals surface area contributed by atoms with Crippen LogP contribution in [0.3, 0.4) is 0 Å². The Hall–Kier alpha value is -2.88. The molecule has 1 aromatic heterocycles. The standard InChI is InChI=1S/C23H26N4O2/c1-26(17-10-12-18(28)13-11-17)15-4-5-16-27-21-9-3-2-7-19(21)23(29)25-20-8-6-14-24-22(20)27/h2-3,6-9,14,17-18,28H,10-13,15-16H2,1H3,(H,25,29). The number of pyridine rings is 1. The van der Waals surface area contributed by atoms with E-state index in [4.69, 9.17) is 0 Å². The van der Waals surface area contributed by atoms with Crippen LogP contribution < -0.4 is 10.2 Å². The molecule has 6 nitrogen and oxygen atoms in total. The summed E-state index contributed by atoms with van der Waals surface area (Å²) in [6.07, 6.45) is 5.36. The summed E-state index contributed by atoms with van der Waals surface area (Å²) in [6, 6.07) is 11.7. The number of para-hydroxylation sites is 1. The van der Waals surface area contributed by atoms with Crippen molar-refractivity contribution in [3.8, 4) is 11.8 Å². The van der Waals surface area contributed by atoms with Gasteiger partial charge in [-0.1, -0.05) is 24.0 Å². The van der Waals surface area contributed by atoms with Crippen molar-refractivity contribution in [3.05, 3.63) is 48.2 Å². The molecule has 0 atom stereocenters. The number of amides is 1. The highest BCUT2D eigenvalue weighted by Gasteiger charge is 2.25. The van der Waals surface area contributed by atoms with E-state index in [1.165, 1.54) is 0 Å². The molecule has 1 amide bonds. The molecule has 0 spiro atoms. The minimum absolute atomic E-state index is 0.135. The van der Waals surface area contributed by atoms with Crippen LogP contribution in [0.25, 0.3) is 0 Å². The van der Waals surface area contributed by atoms with Gasteiger partial charge in [-0.05, 0) is 57.0 Å². The molecule has 6 heteroatoms. The van der Waals surface area contributed by atoms with Crippen molar-refractivity contribution < 1.29 is 9.90 Å². The predicted octanol–water partition coefficient (Wildman–Crippen LogP) is 3.02. The van der Waals surface area contributed by atoms with Crippen molar-refractivity contribution >= 4 is 23.1 Å². The molecule has 0 radical (unpaired) electrons. The van der Waals surface area contributed by atoms with E-state index in [2.05, 4.69) is 34.1 Å². The molecule has 2 N–H and O–H groups in total. The summed E-state index contributed by atoms with van der Waals surface area (Å²) >= 11 is 0. The lowest BCUT2D eigenvalue weighted by Gasteiger charge is -2.31. The lowest BCUT2D eigenvalue weighted by atomic mass is 9.92. The first-order valence-electron chi connectivity index (χ1n) is 10.1. The van der Waals surface area contributed by atoms with E-state index in [-0.39, 0.29) is 12.0 Å². The summed E-state index contributed by atoms with van der Waals surface area (Å²) < 4.78 is 0. The van der Waals surface area contributed by atoms with Crippen LogP contribution in [0.1, 0.15) is 36.0 Å². The van der Waals surface area contributed by atoms with Crippen molar-refractivity contribution in [2.24, 2.45) is 0 Å². The molecular formula is C23H26N4O2. The average molecular weight is 390 g/mol. The molecule has 1 aliphatic heterocycles. The molecule has 1 fully saturated rings. The second kappa shape index (κ2) is 8.64. The topological polar surface area (TPSA) is 68.7 Å². The molecule has 2 aromatic rings. The van der Waals surface area contributed by atoms with Gasteiger partial charge >= 0.3 is 0 Å². The van der Waals surface area contributed by atoms with Gasteiger partial charge in [0.25, 0.3) is 5.91 Å². The van der Waals surface area contributed by atoms with Crippen molar-refractivity contribution in [2.75, 3.05) is 30.4 Å². The number of fused-ring (bicyclic) bond motifs is 2. The zero-order valence-electron chi connectivity index (χ0n) is 16.6. The highest BCUT2D eigenvalue weighted by molar-refractivity contribution is 6.12. The lowest BCUT2D eigenvalue weighted by Crippen LogP contribution is -2.36. The minimum Gasteiger partial charge on any atom is -0.393 e. The SMILES string of the molecule is CN(CC#CCN1c2ccccc2C(=O)Nc2cccnc21)C1CCC(O)CC1. The Morgan fingerprint density at radius 3 is 2.79 bits per heavy atom. The first-order chi connectivity index (χ1) is 14.1. The maximum absolute atomic E-state index is 12.6. The van der Waals surface area contributed by atoms with E-state index in [1.54, 1.807) is 6.20 Å². The summed E-state index contributed by atoms with van der Waals surface area (Å²) in [5.41, 5.74) is 2.12. The molecule has 150 valence electrons. The van der Waals surface area contributed by atoms with Crippen LogP contribution >= 0.6 is 0 Å². The van der Waals surface area contributed by atoms with E-state index < -0.39 is 0 Å². The molecular weight excluding hydrogens is 364 g/mol. The van der Waals surface area contributed by atoms with E-state index in [9.17, 15) is 9.90 Å². The Labute approximate surface area is 171 Å². The smallest absolute Gasteiger partial charge is 0.257 e. The van der Waals surface area contributed by atoms with E-state index in [1.807, 2.05) is 41.3 Å². The number of nitrogens with one attached hydrogen (secondary N) is 1. The number of aliphatic hydroxyl groups is 1. The third-order valence-corrected chi connectivity index (χ3v) is 5.71. The maximum Gasteiger partial charge on any atom is 0.257 e. The number of hydrogen-bond donors (Lipinski definition) is 2. The summed E-state index contributed by atoms with van der Waals surface area (Å²) in [5.74, 6) is 7.11. The number of aliphatic hydroxyl groups excluding tert-OH is 1. The Balaban J connectivity index is 1.51. The van der Waals surface area contributed by atoms with Gasteiger partial charge in [-0.3, -0.25) is 9.69 Å². The fraction of sp³-hybridized carbons (Fsp3) is 0.391. The summed E-state index contributed by atoms with van der Waals surface area (Å²) in [6.45, 7) is 1.13. The molecule has 1 aromatic carbocycles. The molecule has 0 unspecified atom stereocenters. The quantitative estimate of drug-likeness (QED) is 0.789. The normalized spacial score (nSPS) is 20.8. The number of benzene rings is 1. The maximum atomic E-state index is 12.6. The predicted molar refractivity (Wildman–Crippen MR) is 114 cm³/mol. The Kier molecular flexibility index (Phi) is 5.79. The number of carbonyl (C=O) groups is 1. The van der Waals surface area contributed by atoms with Crippen LogP contribution in [0.2, 0.25) is 0 Å². The van der Waals surface area contributed by atoms with Gasteiger partial charge in [0.05, 0.1) is 36.1 Å². The van der Waals surface area contributed by atoms with Gasteiger partial charge < -0.3 is 15.3 Å². The monoisotopic (exact) mass is 390 g/mol. The molecule has 2 aliphatic rings. The number of hydrogen-bond acceptors (Lipinski definition) is 5. The van der Waals surface area contributed by atoms with Crippen LogP contribution in [-0.2, 0) is 0 Å². The molecule has 0 saturated heterocycles. The molecule has 2 heterocycles. The zero-order valence-corrected chi connectivity index (χ0v) is 16.6. The zero-order chi connectivity index (χ0) is 20.2. The van der Waals surface area contributed by atoms with E-state index >= 15 is 0 Å². The van der Waals surface area contributed by atoms with Gasteiger partial charge in [0, 0.05) is 12.2 Å². The molecule has 0 bridgehead atoms. The molecule has 1 saturated carbocycles. The van der Waals surface area contributed by atoms with Gasteiger partial charge in [0.2, 0.25) is 0 Å². The first-order valence-corrected chi connectivity index (χ1v) is 10.1. The largest absolute Gasteiger partial charge is 0.393 e. The number of rotatable bonds is 3. The van der Waals surface area contributed by atoms with Gasteiger partial charge in [-0.25, -0.2) is 4.98 Å². The fourth-order valence-electron chi connectivity index (χ4n) is 4.02. The van der Waals surface area contributed by atoms with Gasteiger partial charge in [0.1, 0.15) is 0 Å². The number of aromatic nitrogens is 1. The van der Waals surface area contributed by atoms with Crippen molar-refractivity contribution in [2.45, 2.75) is 37.8 Å². The van der Waals surface area contributed by atoms with Gasteiger partial charge in [-0.15, -0.1) is 0 Å². The second-order valence-corrected chi connectivity index (χ2v) is 7.66. The third kappa shape index (κ3) is 4.26. The van der Waals surface area contributed by atoms with E-state index in [0.29, 0.717) is 36.2 Å².